The molecule has 0 radical (unpaired) electrons. The Balaban J connectivity index is 2.25. The number of carbonyl (C=O) groups is 1. The van der Waals surface area contributed by atoms with Crippen molar-refractivity contribution in [2.75, 3.05) is 0 Å². The van der Waals surface area contributed by atoms with Gasteiger partial charge in [-0.05, 0) is 23.8 Å². The molecule has 0 bridgehead atoms. The SMILES string of the molecule is O=C(O)c1ccn2c1CNCc1ccc(F)cc1-2. The Morgan fingerprint density at radius 2 is 2.17 bits per heavy atom. The van der Waals surface area contributed by atoms with Crippen LogP contribution < -0.4 is 5.32 Å². The molecule has 0 saturated heterocycles. The minimum atomic E-state index is -0.967. The number of carboxylic acids is 1. The smallest absolute Gasteiger partial charge is 0.337 e. The summed E-state index contributed by atoms with van der Waals surface area (Å²) in [7, 11) is 0. The molecule has 0 fully saturated rings. The fourth-order valence-corrected chi connectivity index (χ4v) is 2.29. The van der Waals surface area contributed by atoms with Gasteiger partial charge in [-0.3, -0.25) is 0 Å². The Morgan fingerprint density at radius 3 is 2.94 bits per heavy atom. The first-order valence-electron chi connectivity index (χ1n) is 5.60. The highest BCUT2D eigenvalue weighted by Crippen LogP contribution is 2.24. The van der Waals surface area contributed by atoms with Gasteiger partial charge in [-0.15, -0.1) is 0 Å². The summed E-state index contributed by atoms with van der Waals surface area (Å²) in [5, 5.41) is 12.3. The van der Waals surface area contributed by atoms with E-state index in [9.17, 15) is 9.18 Å². The van der Waals surface area contributed by atoms with Crippen LogP contribution in [0.5, 0.6) is 0 Å². The summed E-state index contributed by atoms with van der Waals surface area (Å²) < 4.78 is 15.1. The van der Waals surface area contributed by atoms with Crippen molar-refractivity contribution in [3.05, 3.63) is 53.1 Å². The molecule has 18 heavy (non-hydrogen) atoms. The lowest BCUT2D eigenvalue weighted by Crippen LogP contribution is -2.13. The summed E-state index contributed by atoms with van der Waals surface area (Å²) >= 11 is 0. The van der Waals surface area contributed by atoms with Crippen LogP contribution in [-0.4, -0.2) is 15.6 Å². The average Bonchev–Trinajstić information content (AvgIpc) is 2.67. The maximum absolute atomic E-state index is 13.3. The lowest BCUT2D eigenvalue weighted by atomic mass is 10.1. The first-order chi connectivity index (χ1) is 8.66. The third-order valence-electron chi connectivity index (χ3n) is 3.14. The summed E-state index contributed by atoms with van der Waals surface area (Å²) in [6.07, 6.45) is 1.67. The number of carboxylic acid groups (broad SMARTS) is 1. The largest absolute Gasteiger partial charge is 0.478 e. The molecule has 1 aliphatic heterocycles. The van der Waals surface area contributed by atoms with E-state index in [0.717, 1.165) is 5.56 Å². The second-order valence-electron chi connectivity index (χ2n) is 4.23. The van der Waals surface area contributed by atoms with E-state index in [2.05, 4.69) is 5.32 Å². The lowest BCUT2D eigenvalue weighted by molar-refractivity contribution is 0.0695. The minimum Gasteiger partial charge on any atom is -0.478 e. The predicted octanol–water partition coefficient (Wildman–Crippen LogP) is 1.92. The van der Waals surface area contributed by atoms with Gasteiger partial charge in [-0.25, -0.2) is 9.18 Å². The van der Waals surface area contributed by atoms with Gasteiger partial charge in [0.25, 0.3) is 0 Å². The van der Waals surface area contributed by atoms with Crippen molar-refractivity contribution in [3.8, 4) is 5.69 Å². The number of nitrogens with one attached hydrogen (secondary N) is 1. The van der Waals surface area contributed by atoms with E-state index in [4.69, 9.17) is 5.11 Å². The van der Waals surface area contributed by atoms with Crippen molar-refractivity contribution in [2.45, 2.75) is 13.1 Å². The molecule has 0 aliphatic carbocycles. The van der Waals surface area contributed by atoms with Gasteiger partial charge in [0, 0.05) is 19.3 Å². The van der Waals surface area contributed by atoms with Crippen LogP contribution in [0.3, 0.4) is 0 Å². The summed E-state index contributed by atoms with van der Waals surface area (Å²) in [6, 6.07) is 6.09. The highest BCUT2D eigenvalue weighted by Gasteiger charge is 2.20. The average molecular weight is 246 g/mol. The molecule has 0 saturated carbocycles. The zero-order valence-electron chi connectivity index (χ0n) is 9.48. The zero-order valence-corrected chi connectivity index (χ0v) is 9.48. The Hall–Kier alpha value is -2.14. The molecule has 0 atom stereocenters. The number of aromatic carboxylic acids is 1. The molecule has 2 aromatic rings. The number of halogens is 1. The molecule has 3 rings (SSSR count). The first-order valence-corrected chi connectivity index (χ1v) is 5.60. The minimum absolute atomic E-state index is 0.250. The zero-order chi connectivity index (χ0) is 12.7. The number of fused-ring (bicyclic) bond motifs is 3. The van der Waals surface area contributed by atoms with Crippen LogP contribution in [0.2, 0.25) is 0 Å². The van der Waals surface area contributed by atoms with Gasteiger partial charge in [0.15, 0.2) is 0 Å². The first kappa shape index (κ1) is 11.0. The van der Waals surface area contributed by atoms with Crippen molar-refractivity contribution in [1.29, 1.82) is 0 Å². The number of benzene rings is 1. The van der Waals surface area contributed by atoms with Crippen LogP contribution in [0, 0.1) is 5.82 Å². The van der Waals surface area contributed by atoms with Crippen LogP contribution in [0.1, 0.15) is 21.6 Å². The molecule has 4 nitrogen and oxygen atoms in total. The summed E-state index contributed by atoms with van der Waals surface area (Å²) in [4.78, 5) is 11.1. The third kappa shape index (κ3) is 1.60. The van der Waals surface area contributed by atoms with Crippen LogP contribution in [0.4, 0.5) is 4.39 Å². The van der Waals surface area contributed by atoms with Gasteiger partial charge in [-0.2, -0.15) is 0 Å². The van der Waals surface area contributed by atoms with E-state index in [1.54, 1.807) is 22.9 Å². The molecule has 1 aromatic carbocycles. The van der Waals surface area contributed by atoms with Gasteiger partial charge >= 0.3 is 5.97 Å². The van der Waals surface area contributed by atoms with Crippen molar-refractivity contribution >= 4 is 5.97 Å². The standard InChI is InChI=1S/C13H11FN2O2/c14-9-2-1-8-6-15-7-12-10(13(17)18)3-4-16(12)11(8)5-9/h1-5,15H,6-7H2,(H,17,18). The fraction of sp³-hybridized carbons (Fsp3) is 0.154. The van der Waals surface area contributed by atoms with Gasteiger partial charge in [0.1, 0.15) is 5.82 Å². The molecule has 1 aromatic heterocycles. The van der Waals surface area contributed by atoms with E-state index < -0.39 is 5.97 Å². The van der Waals surface area contributed by atoms with Crippen molar-refractivity contribution in [2.24, 2.45) is 0 Å². The molecule has 1 aliphatic rings. The number of nitrogens with zero attached hydrogens (tertiary/aromatic N) is 1. The van der Waals surface area contributed by atoms with E-state index in [-0.39, 0.29) is 11.4 Å². The predicted molar refractivity (Wildman–Crippen MR) is 63.2 cm³/mol. The molecule has 0 amide bonds. The summed E-state index contributed by atoms with van der Waals surface area (Å²) in [5.41, 5.74) is 2.54. The highest BCUT2D eigenvalue weighted by molar-refractivity contribution is 5.89. The summed E-state index contributed by atoms with van der Waals surface area (Å²) in [6.45, 7) is 1.04. The van der Waals surface area contributed by atoms with Gasteiger partial charge in [0.2, 0.25) is 0 Å². The molecule has 2 heterocycles. The molecule has 2 N–H and O–H groups in total. The maximum atomic E-state index is 13.3. The normalized spacial score (nSPS) is 13.6. The Labute approximate surface area is 103 Å². The van der Waals surface area contributed by atoms with Crippen LogP contribution in [-0.2, 0) is 13.1 Å². The Bertz CT molecular complexity index is 634. The van der Waals surface area contributed by atoms with E-state index >= 15 is 0 Å². The quantitative estimate of drug-likeness (QED) is 0.808. The fourth-order valence-electron chi connectivity index (χ4n) is 2.29. The Kier molecular flexibility index (Phi) is 2.41. The molecular weight excluding hydrogens is 235 g/mol. The topological polar surface area (TPSA) is 54.3 Å². The van der Waals surface area contributed by atoms with E-state index in [1.807, 2.05) is 0 Å². The molecular formula is C13H11FN2O2. The van der Waals surface area contributed by atoms with Crippen LogP contribution >= 0.6 is 0 Å². The summed E-state index contributed by atoms with van der Waals surface area (Å²) in [5.74, 6) is -1.29. The number of hydrogen-bond acceptors (Lipinski definition) is 2. The second-order valence-corrected chi connectivity index (χ2v) is 4.23. The molecule has 92 valence electrons. The number of rotatable bonds is 1. The van der Waals surface area contributed by atoms with Crippen LogP contribution in [0.25, 0.3) is 5.69 Å². The second kappa shape index (κ2) is 3.96. The molecule has 5 heteroatoms. The van der Waals surface area contributed by atoms with Crippen molar-refractivity contribution < 1.29 is 14.3 Å². The number of aromatic nitrogens is 1. The van der Waals surface area contributed by atoms with Gasteiger partial charge < -0.3 is 15.0 Å². The maximum Gasteiger partial charge on any atom is 0.337 e. The highest BCUT2D eigenvalue weighted by atomic mass is 19.1. The molecule has 0 spiro atoms. The van der Waals surface area contributed by atoms with E-state index in [0.29, 0.717) is 24.5 Å². The van der Waals surface area contributed by atoms with Gasteiger partial charge in [-0.1, -0.05) is 6.07 Å². The van der Waals surface area contributed by atoms with Gasteiger partial charge in [0.05, 0.1) is 16.9 Å². The third-order valence-corrected chi connectivity index (χ3v) is 3.14. The van der Waals surface area contributed by atoms with Crippen LogP contribution in [0.15, 0.2) is 30.5 Å². The Morgan fingerprint density at radius 1 is 1.33 bits per heavy atom. The molecule has 0 unspecified atom stereocenters. The van der Waals surface area contributed by atoms with Crippen molar-refractivity contribution in [1.82, 2.24) is 9.88 Å². The lowest BCUT2D eigenvalue weighted by Gasteiger charge is -2.09. The monoisotopic (exact) mass is 246 g/mol. The van der Waals surface area contributed by atoms with Crippen molar-refractivity contribution in [3.63, 3.8) is 0 Å². The van der Waals surface area contributed by atoms with E-state index in [1.165, 1.54) is 12.1 Å². The number of hydrogen-bond donors (Lipinski definition) is 2.